The average Bonchev–Trinajstić information content (AvgIpc) is 2.09. The van der Waals surface area contributed by atoms with E-state index in [0.29, 0.717) is 11.3 Å². The number of allylic oxidation sites excluding steroid dienone is 1. The monoisotopic (exact) mass is 162 g/mol. The second-order valence-corrected chi connectivity index (χ2v) is 2.20. The highest BCUT2D eigenvalue weighted by molar-refractivity contribution is 5.49. The summed E-state index contributed by atoms with van der Waals surface area (Å²) in [4.78, 5) is 0. The van der Waals surface area contributed by atoms with Gasteiger partial charge in [0.1, 0.15) is 0 Å². The molecule has 0 bridgehead atoms. The van der Waals surface area contributed by atoms with Crippen molar-refractivity contribution >= 4 is 0 Å². The first-order chi connectivity index (χ1) is 5.79. The minimum atomic E-state index is 0.0971. The second-order valence-electron chi connectivity index (χ2n) is 2.20. The number of para-hydroxylation sites is 1. The van der Waals surface area contributed by atoms with Crippen LogP contribution in [0.25, 0.3) is 0 Å². The van der Waals surface area contributed by atoms with Gasteiger partial charge in [0.15, 0.2) is 11.5 Å². The predicted octanol–water partition coefficient (Wildman–Crippen LogP) is 2.02. The van der Waals surface area contributed by atoms with E-state index < -0.39 is 0 Å². The van der Waals surface area contributed by atoms with Crippen LogP contribution in [0.5, 0.6) is 11.5 Å². The maximum absolute atomic E-state index is 9.48. The van der Waals surface area contributed by atoms with E-state index in [-0.39, 0.29) is 5.75 Å². The van der Waals surface area contributed by atoms with Crippen molar-refractivity contribution < 1.29 is 9.84 Å². The third-order valence-corrected chi connectivity index (χ3v) is 1.48. The molecule has 2 radical (unpaired) electrons. The molecule has 0 aromatic heterocycles. The second kappa shape index (κ2) is 3.81. The van der Waals surface area contributed by atoms with Crippen molar-refractivity contribution in [3.63, 3.8) is 0 Å². The van der Waals surface area contributed by atoms with E-state index in [1.165, 1.54) is 13.2 Å². The van der Waals surface area contributed by atoms with Gasteiger partial charge in [-0.15, -0.1) is 6.58 Å². The van der Waals surface area contributed by atoms with Gasteiger partial charge in [0.2, 0.25) is 0 Å². The molecule has 0 amide bonds. The van der Waals surface area contributed by atoms with E-state index in [4.69, 9.17) is 4.74 Å². The molecule has 1 N–H and O–H groups in total. The zero-order chi connectivity index (χ0) is 8.97. The Labute approximate surface area is 72.1 Å². The average molecular weight is 162 g/mol. The Morgan fingerprint density at radius 1 is 1.58 bits per heavy atom. The Hall–Kier alpha value is -1.44. The van der Waals surface area contributed by atoms with E-state index in [1.54, 1.807) is 18.2 Å². The van der Waals surface area contributed by atoms with Crippen LogP contribution in [-0.4, -0.2) is 12.2 Å². The molecule has 1 aromatic rings. The van der Waals surface area contributed by atoms with Crippen molar-refractivity contribution in [3.8, 4) is 11.5 Å². The topological polar surface area (TPSA) is 29.5 Å². The van der Waals surface area contributed by atoms with Gasteiger partial charge in [-0.1, -0.05) is 18.2 Å². The number of phenolic OH excluding ortho intramolecular Hbond substituents is 1. The minimum absolute atomic E-state index is 0.0971. The summed E-state index contributed by atoms with van der Waals surface area (Å²) in [6.07, 6.45) is 4.28. The zero-order valence-corrected chi connectivity index (χ0v) is 6.87. The molecule has 0 atom stereocenters. The first-order valence-electron chi connectivity index (χ1n) is 3.53. The summed E-state index contributed by atoms with van der Waals surface area (Å²) in [5, 5.41) is 9.48. The fourth-order valence-electron chi connectivity index (χ4n) is 0.913. The summed E-state index contributed by atoms with van der Waals surface area (Å²) in [6, 6.07) is 5.20. The van der Waals surface area contributed by atoms with E-state index >= 15 is 0 Å². The van der Waals surface area contributed by atoms with Crippen LogP contribution in [0.3, 0.4) is 0 Å². The zero-order valence-electron chi connectivity index (χ0n) is 6.87. The van der Waals surface area contributed by atoms with Crippen molar-refractivity contribution in [2.45, 2.75) is 0 Å². The lowest BCUT2D eigenvalue weighted by atomic mass is 10.1. The number of hydrogen-bond donors (Lipinski definition) is 1. The summed E-state index contributed by atoms with van der Waals surface area (Å²) in [5.74, 6) is 0.543. The van der Waals surface area contributed by atoms with Crippen molar-refractivity contribution in [1.29, 1.82) is 0 Å². The minimum Gasteiger partial charge on any atom is -0.504 e. The molecule has 0 fully saturated rings. The van der Waals surface area contributed by atoms with Crippen LogP contribution < -0.4 is 4.74 Å². The van der Waals surface area contributed by atoms with E-state index in [0.717, 1.165) is 0 Å². The van der Waals surface area contributed by atoms with E-state index in [1.807, 2.05) is 0 Å². The molecular formula is C10H10O2. The maximum Gasteiger partial charge on any atom is 0.161 e. The summed E-state index contributed by atoms with van der Waals surface area (Å²) in [7, 11) is 1.51. The Bertz CT molecular complexity index is 279. The number of methoxy groups -OCH3 is 1. The van der Waals surface area contributed by atoms with Gasteiger partial charge in [0.25, 0.3) is 0 Å². The van der Waals surface area contributed by atoms with Crippen LogP contribution in [0.4, 0.5) is 0 Å². The quantitative estimate of drug-likeness (QED) is 0.736. The van der Waals surface area contributed by atoms with Gasteiger partial charge >= 0.3 is 0 Å². The fourth-order valence-corrected chi connectivity index (χ4v) is 0.913. The van der Waals surface area contributed by atoms with Gasteiger partial charge in [-0.05, 0) is 6.07 Å². The maximum atomic E-state index is 9.48. The molecule has 0 aliphatic heterocycles. The number of rotatable bonds is 3. The highest BCUT2D eigenvalue weighted by Crippen LogP contribution is 2.30. The highest BCUT2D eigenvalue weighted by atomic mass is 16.5. The van der Waals surface area contributed by atoms with Gasteiger partial charge in [-0.2, -0.15) is 0 Å². The Kier molecular flexibility index (Phi) is 2.75. The molecule has 0 aliphatic carbocycles. The molecular weight excluding hydrogens is 152 g/mol. The number of phenols is 1. The lowest BCUT2D eigenvalue weighted by Gasteiger charge is -2.05. The molecule has 1 rings (SSSR count). The van der Waals surface area contributed by atoms with Crippen molar-refractivity contribution in [1.82, 2.24) is 0 Å². The summed E-state index contributed by atoms with van der Waals surface area (Å²) >= 11 is 0. The van der Waals surface area contributed by atoms with Crippen LogP contribution >= 0.6 is 0 Å². The van der Waals surface area contributed by atoms with Gasteiger partial charge in [-0.3, -0.25) is 0 Å². The number of ether oxygens (including phenoxy) is 1. The van der Waals surface area contributed by atoms with Crippen molar-refractivity contribution in [2.75, 3.05) is 7.11 Å². The van der Waals surface area contributed by atoms with Crippen LogP contribution in [0.1, 0.15) is 5.56 Å². The first-order valence-corrected chi connectivity index (χ1v) is 3.53. The van der Waals surface area contributed by atoms with Crippen LogP contribution in [0.2, 0.25) is 0 Å². The number of benzene rings is 1. The summed E-state index contributed by atoms with van der Waals surface area (Å²) < 4.78 is 4.91. The van der Waals surface area contributed by atoms with Gasteiger partial charge in [-0.25, -0.2) is 0 Å². The largest absolute Gasteiger partial charge is 0.504 e. The van der Waals surface area contributed by atoms with Gasteiger partial charge < -0.3 is 9.84 Å². The summed E-state index contributed by atoms with van der Waals surface area (Å²) in [5.41, 5.74) is 0.587. The Morgan fingerprint density at radius 3 is 2.92 bits per heavy atom. The molecule has 0 aliphatic rings. The van der Waals surface area contributed by atoms with Crippen LogP contribution in [0.15, 0.2) is 30.9 Å². The standard InChI is InChI=1S/C10H10O2/c1-3-5-8-6-4-7-9(12-2)10(8)11/h3-4,6-7,11H,1H2,2H3. The lowest BCUT2D eigenvalue weighted by molar-refractivity contribution is 0.372. The first kappa shape index (κ1) is 8.65. The van der Waals surface area contributed by atoms with E-state index in [9.17, 15) is 5.11 Å². The molecule has 1 aromatic carbocycles. The molecule has 2 heteroatoms. The Morgan fingerprint density at radius 2 is 2.33 bits per heavy atom. The number of hydrogen-bond acceptors (Lipinski definition) is 2. The molecule has 0 heterocycles. The molecule has 0 spiro atoms. The lowest BCUT2D eigenvalue weighted by Crippen LogP contribution is -1.86. The molecule has 0 saturated carbocycles. The normalized spacial score (nSPS) is 9.42. The molecule has 0 saturated heterocycles. The third kappa shape index (κ3) is 1.59. The predicted molar refractivity (Wildman–Crippen MR) is 47.2 cm³/mol. The number of aromatic hydroxyl groups is 1. The van der Waals surface area contributed by atoms with Gasteiger partial charge in [0.05, 0.1) is 7.11 Å². The molecule has 12 heavy (non-hydrogen) atoms. The third-order valence-electron chi connectivity index (χ3n) is 1.48. The van der Waals surface area contributed by atoms with Crippen LogP contribution in [-0.2, 0) is 0 Å². The smallest absolute Gasteiger partial charge is 0.161 e. The Balaban J connectivity index is 3.04. The van der Waals surface area contributed by atoms with E-state index in [2.05, 4.69) is 13.0 Å². The summed E-state index contributed by atoms with van der Waals surface area (Å²) in [6.45, 7) is 3.49. The molecule has 62 valence electrons. The fraction of sp³-hybridized carbons (Fsp3) is 0.100. The highest BCUT2D eigenvalue weighted by Gasteiger charge is 2.04. The molecule has 2 nitrogen and oxygen atoms in total. The SMILES string of the molecule is C=C[C]c1cccc(OC)c1O. The van der Waals surface area contributed by atoms with Crippen molar-refractivity contribution in [2.24, 2.45) is 0 Å². The van der Waals surface area contributed by atoms with Crippen molar-refractivity contribution in [3.05, 3.63) is 42.8 Å². The molecule has 0 unspecified atom stereocenters. The van der Waals surface area contributed by atoms with Gasteiger partial charge in [0, 0.05) is 12.0 Å². The van der Waals surface area contributed by atoms with Crippen LogP contribution in [0, 0.1) is 6.42 Å².